The highest BCUT2D eigenvalue weighted by Gasteiger charge is 2.15. The van der Waals surface area contributed by atoms with Crippen LogP contribution in [0.5, 0.6) is 0 Å². The summed E-state index contributed by atoms with van der Waals surface area (Å²) in [7, 11) is 0. The lowest BCUT2D eigenvalue weighted by molar-refractivity contribution is 0.103. The molecule has 0 atom stereocenters. The van der Waals surface area contributed by atoms with Crippen LogP contribution in [0.3, 0.4) is 0 Å². The summed E-state index contributed by atoms with van der Waals surface area (Å²) in [5.41, 5.74) is 6.47. The van der Waals surface area contributed by atoms with Crippen LogP contribution >= 0.6 is 0 Å². The SMILES string of the molecule is NCCn1cnc(C(=O)c2cncc3ccccc23)c1. The van der Waals surface area contributed by atoms with Crippen molar-refractivity contribution in [2.24, 2.45) is 5.73 Å². The topological polar surface area (TPSA) is 73.8 Å². The van der Waals surface area contributed by atoms with Gasteiger partial charge < -0.3 is 10.3 Å². The quantitative estimate of drug-likeness (QED) is 0.728. The first-order valence-corrected chi connectivity index (χ1v) is 6.39. The molecule has 2 heterocycles. The second-order valence-electron chi connectivity index (χ2n) is 4.52. The highest BCUT2D eigenvalue weighted by atomic mass is 16.1. The zero-order valence-corrected chi connectivity index (χ0v) is 10.9. The molecule has 0 bridgehead atoms. The maximum Gasteiger partial charge on any atom is 0.215 e. The normalized spacial score (nSPS) is 10.8. The Bertz CT molecular complexity index is 758. The van der Waals surface area contributed by atoms with Crippen LogP contribution in [0.2, 0.25) is 0 Å². The molecule has 0 aliphatic heterocycles. The molecule has 2 N–H and O–H groups in total. The average molecular weight is 266 g/mol. The molecule has 0 aliphatic rings. The minimum atomic E-state index is -0.120. The molecule has 1 aromatic carbocycles. The molecule has 5 heteroatoms. The van der Waals surface area contributed by atoms with E-state index >= 15 is 0 Å². The largest absolute Gasteiger partial charge is 0.335 e. The van der Waals surface area contributed by atoms with Gasteiger partial charge in [-0.2, -0.15) is 0 Å². The number of imidazole rings is 1. The molecular formula is C15H14N4O. The van der Waals surface area contributed by atoms with Crippen LogP contribution in [-0.2, 0) is 6.54 Å². The van der Waals surface area contributed by atoms with Crippen molar-refractivity contribution in [1.29, 1.82) is 0 Å². The van der Waals surface area contributed by atoms with Gasteiger partial charge in [-0.1, -0.05) is 24.3 Å². The second-order valence-corrected chi connectivity index (χ2v) is 4.52. The third-order valence-electron chi connectivity index (χ3n) is 3.17. The van der Waals surface area contributed by atoms with Gasteiger partial charge in [-0.3, -0.25) is 9.78 Å². The van der Waals surface area contributed by atoms with Crippen LogP contribution in [0.4, 0.5) is 0 Å². The Labute approximate surface area is 116 Å². The number of nitrogens with zero attached hydrogens (tertiary/aromatic N) is 3. The molecule has 0 radical (unpaired) electrons. The minimum absolute atomic E-state index is 0.120. The highest BCUT2D eigenvalue weighted by Crippen LogP contribution is 2.19. The Hall–Kier alpha value is -2.53. The monoisotopic (exact) mass is 266 g/mol. The molecule has 0 aliphatic carbocycles. The zero-order chi connectivity index (χ0) is 13.9. The van der Waals surface area contributed by atoms with Gasteiger partial charge in [0.2, 0.25) is 5.78 Å². The van der Waals surface area contributed by atoms with Gasteiger partial charge in [0, 0.05) is 37.1 Å². The fraction of sp³-hybridized carbons (Fsp3) is 0.133. The molecular weight excluding hydrogens is 252 g/mol. The van der Waals surface area contributed by atoms with Crippen LogP contribution in [0.1, 0.15) is 16.1 Å². The third kappa shape index (κ3) is 2.19. The third-order valence-corrected chi connectivity index (χ3v) is 3.17. The van der Waals surface area contributed by atoms with Gasteiger partial charge in [0.1, 0.15) is 5.69 Å². The van der Waals surface area contributed by atoms with Crippen molar-refractivity contribution in [2.75, 3.05) is 6.54 Å². The Kier molecular flexibility index (Phi) is 3.26. The summed E-state index contributed by atoms with van der Waals surface area (Å²) in [4.78, 5) is 20.8. The van der Waals surface area contributed by atoms with E-state index < -0.39 is 0 Å². The van der Waals surface area contributed by atoms with Crippen molar-refractivity contribution in [1.82, 2.24) is 14.5 Å². The predicted molar refractivity (Wildman–Crippen MR) is 76.5 cm³/mol. The summed E-state index contributed by atoms with van der Waals surface area (Å²) in [6.07, 6.45) is 6.68. The Morgan fingerprint density at radius 3 is 2.95 bits per heavy atom. The summed E-state index contributed by atoms with van der Waals surface area (Å²) in [6.45, 7) is 1.16. The van der Waals surface area contributed by atoms with Gasteiger partial charge in [0.05, 0.1) is 11.9 Å². The Balaban J connectivity index is 2.03. The van der Waals surface area contributed by atoms with Crippen molar-refractivity contribution in [3.05, 3.63) is 60.4 Å². The van der Waals surface area contributed by atoms with Crippen molar-refractivity contribution in [3.63, 3.8) is 0 Å². The van der Waals surface area contributed by atoms with Gasteiger partial charge >= 0.3 is 0 Å². The zero-order valence-electron chi connectivity index (χ0n) is 10.9. The number of nitrogens with two attached hydrogens (primary N) is 1. The summed E-state index contributed by atoms with van der Waals surface area (Å²) < 4.78 is 1.81. The smallest absolute Gasteiger partial charge is 0.215 e. The van der Waals surface area contributed by atoms with Crippen LogP contribution in [-0.4, -0.2) is 26.9 Å². The van der Waals surface area contributed by atoms with Crippen molar-refractivity contribution in [3.8, 4) is 0 Å². The van der Waals surface area contributed by atoms with Gasteiger partial charge in [0.15, 0.2) is 0 Å². The number of carbonyl (C=O) groups excluding carboxylic acids is 1. The van der Waals surface area contributed by atoms with E-state index in [1.165, 1.54) is 0 Å². The summed E-state index contributed by atoms with van der Waals surface area (Å²) >= 11 is 0. The molecule has 5 nitrogen and oxygen atoms in total. The van der Waals surface area contributed by atoms with E-state index in [1.54, 1.807) is 24.9 Å². The molecule has 0 unspecified atom stereocenters. The number of fused-ring (bicyclic) bond motifs is 1. The lowest BCUT2D eigenvalue weighted by Gasteiger charge is -2.03. The Morgan fingerprint density at radius 2 is 2.10 bits per heavy atom. The molecule has 3 aromatic rings. The van der Waals surface area contributed by atoms with Crippen molar-refractivity contribution >= 4 is 16.6 Å². The van der Waals surface area contributed by atoms with E-state index in [-0.39, 0.29) is 5.78 Å². The molecule has 0 spiro atoms. The van der Waals surface area contributed by atoms with Gasteiger partial charge in [0.25, 0.3) is 0 Å². The number of pyridine rings is 1. The van der Waals surface area contributed by atoms with E-state index in [0.717, 1.165) is 10.8 Å². The van der Waals surface area contributed by atoms with Crippen molar-refractivity contribution < 1.29 is 4.79 Å². The van der Waals surface area contributed by atoms with E-state index in [0.29, 0.717) is 24.3 Å². The molecule has 2 aromatic heterocycles. The molecule has 20 heavy (non-hydrogen) atoms. The van der Waals surface area contributed by atoms with E-state index in [4.69, 9.17) is 5.73 Å². The van der Waals surface area contributed by atoms with Crippen LogP contribution in [0, 0.1) is 0 Å². The van der Waals surface area contributed by atoms with Crippen LogP contribution < -0.4 is 5.73 Å². The van der Waals surface area contributed by atoms with Gasteiger partial charge in [-0.25, -0.2) is 4.98 Å². The highest BCUT2D eigenvalue weighted by molar-refractivity contribution is 6.15. The van der Waals surface area contributed by atoms with Crippen molar-refractivity contribution in [2.45, 2.75) is 6.54 Å². The standard InChI is InChI=1S/C15H14N4O/c16-5-6-19-9-14(18-10-19)15(20)13-8-17-7-11-3-1-2-4-12(11)13/h1-4,7-10H,5-6,16H2. The minimum Gasteiger partial charge on any atom is -0.335 e. The van der Waals surface area contributed by atoms with E-state index in [1.807, 2.05) is 28.8 Å². The van der Waals surface area contributed by atoms with E-state index in [2.05, 4.69) is 9.97 Å². The average Bonchev–Trinajstić information content (AvgIpc) is 2.95. The number of ketones is 1. The fourth-order valence-corrected chi connectivity index (χ4v) is 2.18. The molecule has 0 saturated heterocycles. The number of rotatable bonds is 4. The number of hydrogen-bond donors (Lipinski definition) is 1. The number of hydrogen-bond acceptors (Lipinski definition) is 4. The molecule has 0 fully saturated rings. The first-order chi connectivity index (χ1) is 9.79. The molecule has 0 saturated carbocycles. The number of benzene rings is 1. The van der Waals surface area contributed by atoms with Crippen LogP contribution in [0.25, 0.3) is 10.8 Å². The van der Waals surface area contributed by atoms with E-state index in [9.17, 15) is 4.79 Å². The van der Waals surface area contributed by atoms with Gasteiger partial charge in [-0.05, 0) is 5.39 Å². The number of aromatic nitrogens is 3. The maximum absolute atomic E-state index is 12.5. The summed E-state index contributed by atoms with van der Waals surface area (Å²) in [5, 5.41) is 1.83. The molecule has 3 rings (SSSR count). The van der Waals surface area contributed by atoms with Crippen LogP contribution in [0.15, 0.2) is 49.2 Å². The summed E-state index contributed by atoms with van der Waals surface area (Å²) in [5.74, 6) is -0.120. The number of carbonyl (C=O) groups is 1. The first kappa shape index (κ1) is 12.5. The lowest BCUT2D eigenvalue weighted by Crippen LogP contribution is -2.08. The predicted octanol–water partition coefficient (Wildman–Crippen LogP) is 1.62. The lowest BCUT2D eigenvalue weighted by atomic mass is 10.0. The van der Waals surface area contributed by atoms with Gasteiger partial charge in [-0.15, -0.1) is 0 Å². The Morgan fingerprint density at radius 1 is 1.25 bits per heavy atom. The summed E-state index contributed by atoms with van der Waals surface area (Å²) in [6, 6.07) is 7.69. The maximum atomic E-state index is 12.5. The fourth-order valence-electron chi connectivity index (χ4n) is 2.18. The first-order valence-electron chi connectivity index (χ1n) is 6.39. The second kappa shape index (κ2) is 5.22. The molecule has 100 valence electrons. The molecule has 0 amide bonds.